The van der Waals surface area contributed by atoms with Gasteiger partial charge in [-0.3, -0.25) is 0 Å². The molecule has 2 N–H and O–H groups in total. The van der Waals surface area contributed by atoms with E-state index in [0.29, 0.717) is 6.04 Å². The minimum Gasteiger partial charge on any atom is -0.393 e. The Kier molecular flexibility index (Phi) is 2.38. The minimum atomic E-state index is -0.0606. The summed E-state index contributed by atoms with van der Waals surface area (Å²) in [6.45, 7) is 1.99. The Balaban J connectivity index is 2.04. The monoisotopic (exact) mass is 147 g/mol. The lowest BCUT2D eigenvalue weighted by Gasteiger charge is -2.33. The highest BCUT2D eigenvalue weighted by atomic mass is 32.1. The van der Waals surface area contributed by atoms with E-state index in [4.69, 9.17) is 5.11 Å². The Bertz CT molecular complexity index is 91.1. The number of aliphatic hydroxyl groups is 1. The first-order valence-corrected chi connectivity index (χ1v) is 3.82. The van der Waals surface area contributed by atoms with E-state index in [0.717, 1.165) is 12.8 Å². The molecule has 2 nitrogen and oxygen atoms in total. The van der Waals surface area contributed by atoms with Gasteiger partial charge >= 0.3 is 0 Å². The molecule has 1 unspecified atom stereocenters. The summed E-state index contributed by atoms with van der Waals surface area (Å²) in [5.41, 5.74) is 0. The van der Waals surface area contributed by atoms with Crippen molar-refractivity contribution in [3.05, 3.63) is 0 Å². The van der Waals surface area contributed by atoms with Crippen LogP contribution in [0.2, 0.25) is 0 Å². The molecule has 54 valence electrons. The Morgan fingerprint density at radius 2 is 2.22 bits per heavy atom. The third kappa shape index (κ3) is 2.16. The van der Waals surface area contributed by atoms with Crippen molar-refractivity contribution >= 4 is 12.6 Å². The molecule has 1 atom stereocenters. The standard InChI is InChI=1S/C6H13NOS/c1-4(9)7-5-2-6(8)3-5/h4-9H,2-3H2,1H3. The number of hydrogen-bond acceptors (Lipinski definition) is 3. The molecule has 0 saturated heterocycles. The molecule has 1 fully saturated rings. The number of nitrogens with one attached hydrogen (secondary N) is 1. The summed E-state index contributed by atoms with van der Waals surface area (Å²) in [4.78, 5) is 0. The molecule has 0 amide bonds. The summed E-state index contributed by atoms with van der Waals surface area (Å²) in [6, 6.07) is 0.507. The zero-order chi connectivity index (χ0) is 6.85. The van der Waals surface area contributed by atoms with E-state index in [2.05, 4.69) is 17.9 Å². The van der Waals surface area contributed by atoms with Crippen LogP contribution >= 0.6 is 12.6 Å². The first kappa shape index (κ1) is 7.38. The first-order valence-electron chi connectivity index (χ1n) is 3.30. The van der Waals surface area contributed by atoms with Gasteiger partial charge in [0.05, 0.1) is 6.10 Å². The molecule has 0 aromatic carbocycles. The third-order valence-electron chi connectivity index (χ3n) is 1.59. The quantitative estimate of drug-likeness (QED) is 0.389. The number of aliphatic hydroxyl groups excluding tert-OH is 1. The fourth-order valence-corrected chi connectivity index (χ4v) is 1.28. The van der Waals surface area contributed by atoms with Gasteiger partial charge < -0.3 is 10.4 Å². The van der Waals surface area contributed by atoms with Crippen molar-refractivity contribution in [2.45, 2.75) is 37.3 Å². The lowest BCUT2D eigenvalue weighted by atomic mass is 9.90. The zero-order valence-electron chi connectivity index (χ0n) is 5.54. The van der Waals surface area contributed by atoms with Crippen LogP contribution < -0.4 is 5.32 Å². The van der Waals surface area contributed by atoms with Crippen molar-refractivity contribution in [3.63, 3.8) is 0 Å². The summed E-state index contributed by atoms with van der Waals surface area (Å²) in [5, 5.41) is 12.3. The highest BCUT2D eigenvalue weighted by Gasteiger charge is 2.26. The maximum atomic E-state index is 8.87. The maximum absolute atomic E-state index is 8.87. The average Bonchev–Trinajstić information content (AvgIpc) is 1.60. The molecule has 0 spiro atoms. The molecule has 0 bridgehead atoms. The fraction of sp³-hybridized carbons (Fsp3) is 1.00. The van der Waals surface area contributed by atoms with Crippen LogP contribution in [-0.2, 0) is 0 Å². The van der Waals surface area contributed by atoms with Gasteiger partial charge in [-0.05, 0) is 19.8 Å². The highest BCUT2D eigenvalue weighted by molar-refractivity contribution is 7.80. The predicted octanol–water partition coefficient (Wildman–Crippen LogP) is 0.375. The van der Waals surface area contributed by atoms with E-state index < -0.39 is 0 Å². The molecule has 0 aromatic heterocycles. The minimum absolute atomic E-state index is 0.0606. The summed E-state index contributed by atoms with van der Waals surface area (Å²) in [6.07, 6.45) is 1.73. The second-order valence-corrected chi connectivity index (χ2v) is 3.44. The van der Waals surface area contributed by atoms with Gasteiger partial charge in [0.2, 0.25) is 0 Å². The Hall–Kier alpha value is 0.270. The van der Waals surface area contributed by atoms with Gasteiger partial charge in [-0.2, -0.15) is 12.6 Å². The van der Waals surface area contributed by atoms with Crippen molar-refractivity contribution in [1.29, 1.82) is 0 Å². The van der Waals surface area contributed by atoms with Crippen molar-refractivity contribution in [2.24, 2.45) is 0 Å². The van der Waals surface area contributed by atoms with Crippen LogP contribution in [0.25, 0.3) is 0 Å². The van der Waals surface area contributed by atoms with Crippen LogP contribution in [0.15, 0.2) is 0 Å². The van der Waals surface area contributed by atoms with Crippen LogP contribution in [-0.4, -0.2) is 22.6 Å². The van der Waals surface area contributed by atoms with E-state index in [1.54, 1.807) is 0 Å². The van der Waals surface area contributed by atoms with Crippen LogP contribution in [0.5, 0.6) is 0 Å². The molecule has 1 saturated carbocycles. The highest BCUT2D eigenvalue weighted by Crippen LogP contribution is 2.19. The van der Waals surface area contributed by atoms with Crippen molar-refractivity contribution in [3.8, 4) is 0 Å². The molecule has 1 aliphatic carbocycles. The second kappa shape index (κ2) is 2.90. The van der Waals surface area contributed by atoms with E-state index >= 15 is 0 Å². The van der Waals surface area contributed by atoms with Gasteiger partial charge in [-0.25, -0.2) is 0 Å². The van der Waals surface area contributed by atoms with Crippen molar-refractivity contribution in [1.82, 2.24) is 5.32 Å². The van der Waals surface area contributed by atoms with Crippen LogP contribution in [0.4, 0.5) is 0 Å². The lowest BCUT2D eigenvalue weighted by Crippen LogP contribution is -2.46. The number of hydrogen-bond donors (Lipinski definition) is 3. The molecule has 0 heterocycles. The van der Waals surface area contributed by atoms with E-state index in [1.807, 2.05) is 6.92 Å². The van der Waals surface area contributed by atoms with Crippen LogP contribution in [0.3, 0.4) is 0 Å². The molecule has 0 aliphatic heterocycles. The summed E-state index contributed by atoms with van der Waals surface area (Å²) in [7, 11) is 0. The van der Waals surface area contributed by atoms with E-state index in [9.17, 15) is 0 Å². The zero-order valence-corrected chi connectivity index (χ0v) is 6.44. The van der Waals surface area contributed by atoms with Gasteiger partial charge in [0.15, 0.2) is 0 Å². The Labute approximate surface area is 61.1 Å². The van der Waals surface area contributed by atoms with Gasteiger partial charge in [0.25, 0.3) is 0 Å². The number of thiol groups is 1. The fourth-order valence-electron chi connectivity index (χ4n) is 1.07. The molecule has 1 rings (SSSR count). The van der Waals surface area contributed by atoms with Crippen molar-refractivity contribution < 1.29 is 5.11 Å². The second-order valence-electron chi connectivity index (χ2n) is 2.66. The van der Waals surface area contributed by atoms with Crippen LogP contribution in [0, 0.1) is 0 Å². The number of rotatable bonds is 2. The van der Waals surface area contributed by atoms with E-state index in [-0.39, 0.29) is 11.5 Å². The molecular formula is C6H13NOS. The molecule has 9 heavy (non-hydrogen) atoms. The van der Waals surface area contributed by atoms with Crippen LogP contribution in [0.1, 0.15) is 19.8 Å². The first-order chi connectivity index (χ1) is 4.18. The molecule has 1 aliphatic rings. The maximum Gasteiger partial charge on any atom is 0.0570 e. The summed E-state index contributed by atoms with van der Waals surface area (Å²) < 4.78 is 0. The van der Waals surface area contributed by atoms with Gasteiger partial charge in [0, 0.05) is 11.4 Å². The Morgan fingerprint density at radius 1 is 1.67 bits per heavy atom. The third-order valence-corrected chi connectivity index (χ3v) is 1.74. The summed E-state index contributed by atoms with van der Waals surface area (Å²) >= 11 is 4.16. The van der Waals surface area contributed by atoms with Gasteiger partial charge in [0.1, 0.15) is 0 Å². The molecular weight excluding hydrogens is 134 g/mol. The normalized spacial score (nSPS) is 37.7. The molecule has 3 heteroatoms. The van der Waals surface area contributed by atoms with E-state index in [1.165, 1.54) is 0 Å². The molecule has 0 aromatic rings. The SMILES string of the molecule is CC(S)NC1CC(O)C1. The Morgan fingerprint density at radius 3 is 2.56 bits per heavy atom. The largest absolute Gasteiger partial charge is 0.393 e. The lowest BCUT2D eigenvalue weighted by molar-refractivity contribution is 0.0622. The van der Waals surface area contributed by atoms with Gasteiger partial charge in [-0.1, -0.05) is 0 Å². The smallest absolute Gasteiger partial charge is 0.0570 e. The average molecular weight is 147 g/mol. The summed E-state index contributed by atoms with van der Waals surface area (Å²) in [5.74, 6) is 0. The molecule has 0 radical (unpaired) electrons. The van der Waals surface area contributed by atoms with Crippen molar-refractivity contribution in [2.75, 3.05) is 0 Å². The van der Waals surface area contributed by atoms with Gasteiger partial charge in [-0.15, -0.1) is 0 Å². The topological polar surface area (TPSA) is 32.3 Å². The predicted molar refractivity (Wildman–Crippen MR) is 40.6 cm³/mol.